The average Bonchev–Trinajstić information content (AvgIpc) is 3.01. The SMILES string of the molecule is CC(C)(C)OC(=O)NCCOC(=O)[C@H]1C2C=CC(O2)[C@H]1C(=O)O. The van der Waals surface area contributed by atoms with Crippen molar-refractivity contribution in [3.05, 3.63) is 12.2 Å². The molecule has 0 aliphatic carbocycles. The van der Waals surface area contributed by atoms with E-state index in [0.717, 1.165) is 0 Å². The van der Waals surface area contributed by atoms with Crippen LogP contribution in [0.5, 0.6) is 0 Å². The van der Waals surface area contributed by atoms with Crippen molar-refractivity contribution in [3.63, 3.8) is 0 Å². The maximum absolute atomic E-state index is 12.1. The number of carboxylic acid groups (broad SMARTS) is 1. The van der Waals surface area contributed by atoms with Crippen LogP contribution in [0.15, 0.2) is 12.2 Å². The molecule has 2 bridgehead atoms. The van der Waals surface area contributed by atoms with Crippen molar-refractivity contribution in [2.45, 2.75) is 38.6 Å². The van der Waals surface area contributed by atoms with Crippen LogP contribution in [0.1, 0.15) is 20.8 Å². The Morgan fingerprint density at radius 3 is 2.35 bits per heavy atom. The zero-order chi connectivity index (χ0) is 17.2. The van der Waals surface area contributed by atoms with E-state index < -0.39 is 47.7 Å². The van der Waals surface area contributed by atoms with Gasteiger partial charge in [0.25, 0.3) is 0 Å². The van der Waals surface area contributed by atoms with Crippen LogP contribution < -0.4 is 5.32 Å². The average molecular weight is 327 g/mol. The number of carboxylic acids is 1. The van der Waals surface area contributed by atoms with E-state index in [1.54, 1.807) is 32.9 Å². The number of nitrogens with one attached hydrogen (secondary N) is 1. The first-order valence-corrected chi connectivity index (χ1v) is 7.39. The van der Waals surface area contributed by atoms with Crippen molar-refractivity contribution in [2.24, 2.45) is 11.8 Å². The zero-order valence-corrected chi connectivity index (χ0v) is 13.3. The molecule has 2 heterocycles. The number of hydrogen-bond donors (Lipinski definition) is 2. The second-order valence-electron chi connectivity index (χ2n) is 6.44. The second kappa shape index (κ2) is 6.57. The molecule has 8 heteroatoms. The number of hydrogen-bond acceptors (Lipinski definition) is 6. The summed E-state index contributed by atoms with van der Waals surface area (Å²) < 4.78 is 15.5. The summed E-state index contributed by atoms with van der Waals surface area (Å²) in [5, 5.41) is 11.7. The van der Waals surface area contributed by atoms with E-state index in [-0.39, 0.29) is 13.2 Å². The molecule has 2 aliphatic heterocycles. The summed E-state index contributed by atoms with van der Waals surface area (Å²) >= 11 is 0. The van der Waals surface area contributed by atoms with E-state index in [9.17, 15) is 19.5 Å². The number of fused-ring (bicyclic) bond motifs is 2. The van der Waals surface area contributed by atoms with E-state index in [0.29, 0.717) is 0 Å². The first-order chi connectivity index (χ1) is 10.7. The zero-order valence-electron chi connectivity index (χ0n) is 13.3. The summed E-state index contributed by atoms with van der Waals surface area (Å²) in [4.78, 5) is 34.8. The Labute approximate surface area is 133 Å². The minimum absolute atomic E-state index is 0.0674. The largest absolute Gasteiger partial charge is 0.481 e. The van der Waals surface area contributed by atoms with Gasteiger partial charge in [0.2, 0.25) is 0 Å². The lowest BCUT2D eigenvalue weighted by atomic mass is 9.83. The molecule has 2 aliphatic rings. The van der Waals surface area contributed by atoms with E-state index in [4.69, 9.17) is 14.2 Å². The van der Waals surface area contributed by atoms with Gasteiger partial charge in [-0.1, -0.05) is 12.2 Å². The molecule has 0 aromatic heterocycles. The van der Waals surface area contributed by atoms with Gasteiger partial charge in [0.15, 0.2) is 0 Å². The molecule has 0 spiro atoms. The molecule has 1 fully saturated rings. The Bertz CT molecular complexity index is 522. The molecule has 23 heavy (non-hydrogen) atoms. The number of ether oxygens (including phenoxy) is 3. The van der Waals surface area contributed by atoms with Crippen molar-refractivity contribution in [2.75, 3.05) is 13.2 Å². The van der Waals surface area contributed by atoms with Gasteiger partial charge in [-0.25, -0.2) is 4.79 Å². The molecule has 4 atom stereocenters. The number of carbonyl (C=O) groups is 3. The van der Waals surface area contributed by atoms with Crippen LogP contribution in [-0.4, -0.2) is 54.1 Å². The molecule has 128 valence electrons. The van der Waals surface area contributed by atoms with Gasteiger partial charge < -0.3 is 24.6 Å². The van der Waals surface area contributed by atoms with E-state index >= 15 is 0 Å². The van der Waals surface area contributed by atoms with Gasteiger partial charge in [-0.2, -0.15) is 0 Å². The molecule has 2 unspecified atom stereocenters. The Kier molecular flexibility index (Phi) is 4.93. The van der Waals surface area contributed by atoms with Gasteiger partial charge >= 0.3 is 18.0 Å². The van der Waals surface area contributed by atoms with Gasteiger partial charge in [0.1, 0.15) is 24.0 Å². The number of rotatable bonds is 5. The fourth-order valence-corrected chi connectivity index (χ4v) is 2.60. The minimum atomic E-state index is -1.09. The number of aliphatic carboxylic acids is 1. The molecule has 0 aromatic carbocycles. The Morgan fingerprint density at radius 1 is 1.17 bits per heavy atom. The summed E-state index contributed by atoms with van der Waals surface area (Å²) in [6.45, 7) is 5.22. The number of alkyl carbamates (subject to hydrolysis) is 1. The lowest BCUT2D eigenvalue weighted by Gasteiger charge is -2.21. The molecule has 0 saturated carbocycles. The fourth-order valence-electron chi connectivity index (χ4n) is 2.60. The molecule has 1 amide bonds. The van der Waals surface area contributed by atoms with E-state index in [2.05, 4.69) is 5.32 Å². The first-order valence-electron chi connectivity index (χ1n) is 7.39. The van der Waals surface area contributed by atoms with Crippen LogP contribution in [0.25, 0.3) is 0 Å². The summed E-state index contributed by atoms with van der Waals surface area (Å²) in [5.41, 5.74) is -0.609. The Hall–Kier alpha value is -2.09. The predicted molar refractivity (Wildman–Crippen MR) is 77.6 cm³/mol. The third kappa shape index (κ3) is 4.22. The third-order valence-electron chi connectivity index (χ3n) is 3.47. The highest BCUT2D eigenvalue weighted by atomic mass is 16.6. The predicted octanol–water partition coefficient (Wildman–Crippen LogP) is 0.708. The maximum Gasteiger partial charge on any atom is 0.407 e. The number of carbonyl (C=O) groups excluding carboxylic acids is 2. The van der Waals surface area contributed by atoms with Crippen molar-refractivity contribution in [1.82, 2.24) is 5.32 Å². The van der Waals surface area contributed by atoms with Crippen LogP contribution in [0.3, 0.4) is 0 Å². The van der Waals surface area contributed by atoms with Crippen LogP contribution in [0, 0.1) is 11.8 Å². The highest BCUT2D eigenvalue weighted by Gasteiger charge is 2.54. The fraction of sp³-hybridized carbons (Fsp3) is 0.667. The van der Waals surface area contributed by atoms with Crippen LogP contribution >= 0.6 is 0 Å². The standard InChI is InChI=1S/C15H21NO7/c1-15(2,3)23-14(20)16-6-7-21-13(19)11-9-5-4-8(22-9)10(11)12(17)18/h4-5,8-11H,6-7H2,1-3H3,(H,16,20)(H,17,18)/t8?,9?,10-,11+/m1/s1. The van der Waals surface area contributed by atoms with Gasteiger partial charge in [-0.05, 0) is 20.8 Å². The summed E-state index contributed by atoms with van der Waals surface area (Å²) in [7, 11) is 0. The molecule has 0 radical (unpaired) electrons. The number of amides is 1. The Balaban J connectivity index is 1.76. The molecule has 1 saturated heterocycles. The van der Waals surface area contributed by atoms with Gasteiger partial charge in [-0.3, -0.25) is 9.59 Å². The highest BCUT2D eigenvalue weighted by Crippen LogP contribution is 2.39. The van der Waals surface area contributed by atoms with Crippen molar-refractivity contribution >= 4 is 18.0 Å². The third-order valence-corrected chi connectivity index (χ3v) is 3.47. The van der Waals surface area contributed by atoms with Crippen molar-refractivity contribution < 1.29 is 33.7 Å². The minimum Gasteiger partial charge on any atom is -0.481 e. The quantitative estimate of drug-likeness (QED) is 0.434. The van der Waals surface area contributed by atoms with Crippen LogP contribution in [0.2, 0.25) is 0 Å². The first kappa shape index (κ1) is 17.3. The summed E-state index contributed by atoms with van der Waals surface area (Å²) in [6, 6.07) is 0. The van der Waals surface area contributed by atoms with Gasteiger partial charge in [-0.15, -0.1) is 0 Å². The lowest BCUT2D eigenvalue weighted by molar-refractivity contribution is -0.156. The normalized spacial score (nSPS) is 28.5. The summed E-state index contributed by atoms with van der Waals surface area (Å²) in [5.74, 6) is -3.52. The maximum atomic E-state index is 12.1. The van der Waals surface area contributed by atoms with Gasteiger partial charge in [0.05, 0.1) is 18.8 Å². The van der Waals surface area contributed by atoms with Gasteiger partial charge in [0, 0.05) is 0 Å². The van der Waals surface area contributed by atoms with E-state index in [1.165, 1.54) is 0 Å². The molecule has 0 aromatic rings. The Morgan fingerprint density at radius 2 is 1.78 bits per heavy atom. The summed E-state index contributed by atoms with van der Waals surface area (Å²) in [6.07, 6.45) is 1.57. The van der Waals surface area contributed by atoms with E-state index in [1.807, 2.05) is 0 Å². The smallest absolute Gasteiger partial charge is 0.407 e. The molecular formula is C15H21NO7. The van der Waals surface area contributed by atoms with Crippen molar-refractivity contribution in [1.29, 1.82) is 0 Å². The second-order valence-corrected chi connectivity index (χ2v) is 6.44. The molecule has 8 nitrogen and oxygen atoms in total. The van der Waals surface area contributed by atoms with Crippen molar-refractivity contribution in [3.8, 4) is 0 Å². The lowest BCUT2D eigenvalue weighted by Crippen LogP contribution is -2.39. The molecule has 2 N–H and O–H groups in total. The molecular weight excluding hydrogens is 306 g/mol. The molecule has 2 rings (SSSR count). The number of esters is 1. The van der Waals surface area contributed by atoms with Crippen LogP contribution in [0.4, 0.5) is 4.79 Å². The topological polar surface area (TPSA) is 111 Å². The van der Waals surface area contributed by atoms with Crippen LogP contribution in [-0.2, 0) is 23.8 Å². The highest BCUT2D eigenvalue weighted by molar-refractivity contribution is 5.84. The monoisotopic (exact) mass is 327 g/mol.